The zero-order valence-electron chi connectivity index (χ0n) is 9.34. The van der Waals surface area contributed by atoms with Crippen molar-refractivity contribution in [1.29, 1.82) is 0 Å². The molecule has 0 amide bonds. The van der Waals surface area contributed by atoms with Crippen molar-refractivity contribution in [1.82, 2.24) is 5.32 Å². The largest absolute Gasteiger partial charge is 0.465 e. The highest BCUT2D eigenvalue weighted by atomic mass is 16.5. The maximum absolute atomic E-state index is 11.5. The van der Waals surface area contributed by atoms with E-state index in [0.29, 0.717) is 24.9 Å². The average molecular weight is 211 g/mol. The molecule has 1 atom stereocenters. The summed E-state index contributed by atoms with van der Waals surface area (Å²) >= 11 is 0. The second-order valence-corrected chi connectivity index (χ2v) is 4.90. The molecule has 15 heavy (non-hydrogen) atoms. The van der Waals surface area contributed by atoms with Gasteiger partial charge in [0.2, 0.25) is 0 Å². The number of carbonyl (C=O) groups excluding carboxylic acids is 1. The standard InChI is InChI=1S/C12H21NO2/c14-12(7-11-5-6-13-8-11)15-9-10-3-1-2-4-10/h10-11,13H,1-9H2. The summed E-state index contributed by atoms with van der Waals surface area (Å²) < 4.78 is 5.32. The van der Waals surface area contributed by atoms with Gasteiger partial charge >= 0.3 is 5.97 Å². The first-order chi connectivity index (χ1) is 7.34. The molecule has 86 valence electrons. The van der Waals surface area contributed by atoms with Crippen molar-refractivity contribution in [3.05, 3.63) is 0 Å². The highest BCUT2D eigenvalue weighted by Crippen LogP contribution is 2.25. The third kappa shape index (κ3) is 3.49. The Balaban J connectivity index is 1.59. The van der Waals surface area contributed by atoms with Gasteiger partial charge in [-0.3, -0.25) is 4.79 Å². The second kappa shape index (κ2) is 5.50. The van der Waals surface area contributed by atoms with Gasteiger partial charge in [0.15, 0.2) is 0 Å². The summed E-state index contributed by atoms with van der Waals surface area (Å²) in [4.78, 5) is 11.5. The molecule has 2 fully saturated rings. The Hall–Kier alpha value is -0.570. The number of hydrogen-bond acceptors (Lipinski definition) is 3. The van der Waals surface area contributed by atoms with Crippen molar-refractivity contribution in [3.8, 4) is 0 Å². The predicted molar refractivity (Wildman–Crippen MR) is 58.5 cm³/mol. The van der Waals surface area contributed by atoms with Gasteiger partial charge in [0.25, 0.3) is 0 Å². The first-order valence-electron chi connectivity index (χ1n) is 6.21. The third-order valence-corrected chi connectivity index (χ3v) is 3.57. The molecule has 2 rings (SSSR count). The lowest BCUT2D eigenvalue weighted by molar-refractivity contribution is -0.145. The monoisotopic (exact) mass is 211 g/mol. The smallest absolute Gasteiger partial charge is 0.306 e. The summed E-state index contributed by atoms with van der Waals surface area (Å²) in [5, 5.41) is 3.27. The Morgan fingerprint density at radius 3 is 2.67 bits per heavy atom. The molecule has 1 heterocycles. The normalized spacial score (nSPS) is 27.1. The van der Waals surface area contributed by atoms with E-state index in [-0.39, 0.29) is 5.97 Å². The van der Waals surface area contributed by atoms with Gasteiger partial charge in [0.1, 0.15) is 0 Å². The van der Waals surface area contributed by atoms with Crippen LogP contribution in [0.15, 0.2) is 0 Å². The Morgan fingerprint density at radius 1 is 1.20 bits per heavy atom. The van der Waals surface area contributed by atoms with Gasteiger partial charge in [0, 0.05) is 6.42 Å². The number of esters is 1. The van der Waals surface area contributed by atoms with E-state index < -0.39 is 0 Å². The number of carbonyl (C=O) groups is 1. The van der Waals surface area contributed by atoms with E-state index in [1.165, 1.54) is 25.7 Å². The molecule has 0 aromatic heterocycles. The fourth-order valence-corrected chi connectivity index (χ4v) is 2.57. The zero-order valence-corrected chi connectivity index (χ0v) is 9.34. The summed E-state index contributed by atoms with van der Waals surface area (Å²) in [6.45, 7) is 2.71. The van der Waals surface area contributed by atoms with E-state index in [4.69, 9.17) is 4.74 Å². The summed E-state index contributed by atoms with van der Waals surface area (Å²) in [6.07, 6.45) is 6.86. The van der Waals surface area contributed by atoms with Crippen molar-refractivity contribution in [2.45, 2.75) is 38.5 Å². The van der Waals surface area contributed by atoms with E-state index in [1.54, 1.807) is 0 Å². The van der Waals surface area contributed by atoms with Crippen LogP contribution in [0.2, 0.25) is 0 Å². The molecule has 2 aliphatic rings. The van der Waals surface area contributed by atoms with Gasteiger partial charge in [-0.1, -0.05) is 12.8 Å². The lowest BCUT2D eigenvalue weighted by atomic mass is 10.1. The Morgan fingerprint density at radius 2 is 2.00 bits per heavy atom. The molecule has 1 N–H and O–H groups in total. The van der Waals surface area contributed by atoms with Crippen molar-refractivity contribution < 1.29 is 9.53 Å². The molecule has 1 aliphatic carbocycles. The van der Waals surface area contributed by atoms with Gasteiger partial charge in [0.05, 0.1) is 6.61 Å². The average Bonchev–Trinajstić information content (AvgIpc) is 2.86. The van der Waals surface area contributed by atoms with Crippen LogP contribution in [0.25, 0.3) is 0 Å². The SMILES string of the molecule is O=C(CC1CCNC1)OCC1CCCC1. The Labute approximate surface area is 91.6 Å². The number of nitrogens with one attached hydrogen (secondary N) is 1. The molecular formula is C12H21NO2. The van der Waals surface area contributed by atoms with Crippen LogP contribution < -0.4 is 5.32 Å². The number of ether oxygens (including phenoxy) is 1. The van der Waals surface area contributed by atoms with Gasteiger partial charge in [-0.05, 0) is 44.2 Å². The van der Waals surface area contributed by atoms with E-state index in [9.17, 15) is 4.79 Å². The van der Waals surface area contributed by atoms with Gasteiger partial charge in [-0.15, -0.1) is 0 Å². The molecule has 3 nitrogen and oxygen atoms in total. The van der Waals surface area contributed by atoms with Crippen LogP contribution in [-0.2, 0) is 9.53 Å². The van der Waals surface area contributed by atoms with Gasteiger partial charge in [-0.2, -0.15) is 0 Å². The third-order valence-electron chi connectivity index (χ3n) is 3.57. The van der Waals surface area contributed by atoms with Gasteiger partial charge < -0.3 is 10.1 Å². The molecule has 1 aliphatic heterocycles. The van der Waals surface area contributed by atoms with Crippen LogP contribution in [0, 0.1) is 11.8 Å². The molecular weight excluding hydrogens is 190 g/mol. The minimum atomic E-state index is 0.00981. The Kier molecular flexibility index (Phi) is 4.01. The number of hydrogen-bond donors (Lipinski definition) is 1. The molecule has 1 saturated carbocycles. The molecule has 0 aromatic carbocycles. The Bertz CT molecular complexity index is 206. The minimum Gasteiger partial charge on any atom is -0.465 e. The van der Waals surface area contributed by atoms with Crippen molar-refractivity contribution in [3.63, 3.8) is 0 Å². The zero-order chi connectivity index (χ0) is 10.5. The fourth-order valence-electron chi connectivity index (χ4n) is 2.57. The summed E-state index contributed by atoms with van der Waals surface area (Å²) in [5.74, 6) is 1.17. The highest BCUT2D eigenvalue weighted by molar-refractivity contribution is 5.69. The maximum atomic E-state index is 11.5. The van der Waals surface area contributed by atoms with E-state index in [2.05, 4.69) is 5.32 Å². The molecule has 1 unspecified atom stereocenters. The quantitative estimate of drug-likeness (QED) is 0.720. The van der Waals surface area contributed by atoms with E-state index in [0.717, 1.165) is 19.5 Å². The summed E-state index contributed by atoms with van der Waals surface area (Å²) in [7, 11) is 0. The van der Waals surface area contributed by atoms with E-state index in [1.807, 2.05) is 0 Å². The molecule has 0 radical (unpaired) electrons. The van der Waals surface area contributed by atoms with Crippen LogP contribution in [0.5, 0.6) is 0 Å². The lowest BCUT2D eigenvalue weighted by Gasteiger charge is -2.11. The molecule has 1 saturated heterocycles. The van der Waals surface area contributed by atoms with Crippen LogP contribution in [0.4, 0.5) is 0 Å². The van der Waals surface area contributed by atoms with Crippen LogP contribution in [0.3, 0.4) is 0 Å². The second-order valence-electron chi connectivity index (χ2n) is 4.90. The van der Waals surface area contributed by atoms with Gasteiger partial charge in [-0.25, -0.2) is 0 Å². The molecule has 0 bridgehead atoms. The summed E-state index contributed by atoms with van der Waals surface area (Å²) in [5.41, 5.74) is 0. The van der Waals surface area contributed by atoms with E-state index >= 15 is 0 Å². The van der Waals surface area contributed by atoms with Crippen molar-refractivity contribution in [2.24, 2.45) is 11.8 Å². The van der Waals surface area contributed by atoms with Crippen LogP contribution in [-0.4, -0.2) is 25.7 Å². The predicted octanol–water partition coefficient (Wildman–Crippen LogP) is 1.72. The highest BCUT2D eigenvalue weighted by Gasteiger charge is 2.21. The molecule has 3 heteroatoms. The van der Waals surface area contributed by atoms with Crippen LogP contribution >= 0.6 is 0 Å². The van der Waals surface area contributed by atoms with Crippen LogP contribution in [0.1, 0.15) is 38.5 Å². The topological polar surface area (TPSA) is 38.3 Å². The first kappa shape index (κ1) is 10.9. The molecule has 0 aromatic rings. The first-order valence-corrected chi connectivity index (χ1v) is 6.21. The molecule has 0 spiro atoms. The minimum absolute atomic E-state index is 0.00981. The fraction of sp³-hybridized carbons (Fsp3) is 0.917. The van der Waals surface area contributed by atoms with Crippen molar-refractivity contribution >= 4 is 5.97 Å². The van der Waals surface area contributed by atoms with Crippen molar-refractivity contribution in [2.75, 3.05) is 19.7 Å². The summed E-state index contributed by atoms with van der Waals surface area (Å²) in [6, 6.07) is 0. The maximum Gasteiger partial charge on any atom is 0.306 e. The lowest BCUT2D eigenvalue weighted by Crippen LogP contribution is -2.17. The number of rotatable bonds is 4.